The number of piperidine rings is 1. The number of benzene rings is 2. The predicted molar refractivity (Wildman–Crippen MR) is 101 cm³/mol. The first-order valence-corrected chi connectivity index (χ1v) is 9.17. The Morgan fingerprint density at radius 2 is 2.11 bits per heavy atom. The van der Waals surface area contributed by atoms with E-state index >= 15 is 0 Å². The maximum atomic E-state index is 14.0. The highest BCUT2D eigenvalue weighted by molar-refractivity contribution is 5.94. The monoisotopic (exact) mass is 381 g/mol. The van der Waals surface area contributed by atoms with Gasteiger partial charge in [-0.3, -0.25) is 4.79 Å². The van der Waals surface area contributed by atoms with Gasteiger partial charge in [-0.05, 0) is 43.2 Å². The summed E-state index contributed by atoms with van der Waals surface area (Å²) < 4.78 is 24.6. The van der Waals surface area contributed by atoms with Crippen LogP contribution in [0.25, 0.3) is 11.5 Å². The van der Waals surface area contributed by atoms with Crippen LogP contribution >= 0.6 is 0 Å². The molecule has 4 rings (SSSR count). The number of likely N-dealkylation sites (tertiary alicyclic amines) is 1. The molecule has 2 heterocycles. The van der Waals surface area contributed by atoms with E-state index in [4.69, 9.17) is 9.26 Å². The Bertz CT molecular complexity index is 988. The van der Waals surface area contributed by atoms with Gasteiger partial charge in [0.25, 0.3) is 11.8 Å². The fourth-order valence-corrected chi connectivity index (χ4v) is 3.45. The van der Waals surface area contributed by atoms with Crippen molar-refractivity contribution >= 4 is 5.91 Å². The maximum absolute atomic E-state index is 14.0. The molecule has 1 fully saturated rings. The second-order valence-corrected chi connectivity index (χ2v) is 6.76. The number of halogens is 1. The molecule has 6 nitrogen and oxygen atoms in total. The van der Waals surface area contributed by atoms with Gasteiger partial charge in [0.1, 0.15) is 11.6 Å². The van der Waals surface area contributed by atoms with Crippen molar-refractivity contribution in [2.75, 3.05) is 20.2 Å². The number of methoxy groups -OCH3 is 1. The maximum Gasteiger partial charge on any atom is 0.258 e. The third-order valence-corrected chi connectivity index (χ3v) is 4.94. The molecule has 2 aromatic carbocycles. The molecule has 1 amide bonds. The Kier molecular flexibility index (Phi) is 5.06. The summed E-state index contributed by atoms with van der Waals surface area (Å²) in [7, 11) is 1.60. The molecule has 28 heavy (non-hydrogen) atoms. The van der Waals surface area contributed by atoms with Crippen LogP contribution in [0.15, 0.2) is 53.1 Å². The van der Waals surface area contributed by atoms with Gasteiger partial charge in [-0.25, -0.2) is 4.39 Å². The molecule has 1 aromatic heterocycles. The average molecular weight is 381 g/mol. The van der Waals surface area contributed by atoms with E-state index < -0.39 is 5.82 Å². The number of nitrogens with zero attached hydrogens (tertiary/aromatic N) is 3. The molecule has 0 N–H and O–H groups in total. The minimum absolute atomic E-state index is 0.0485. The molecular formula is C21H20FN3O3. The third-order valence-electron chi connectivity index (χ3n) is 4.94. The first-order chi connectivity index (χ1) is 13.7. The van der Waals surface area contributed by atoms with Crippen molar-refractivity contribution in [2.45, 2.75) is 18.8 Å². The van der Waals surface area contributed by atoms with Crippen molar-refractivity contribution < 1.29 is 18.4 Å². The van der Waals surface area contributed by atoms with Gasteiger partial charge in [0.2, 0.25) is 0 Å². The molecule has 1 saturated heterocycles. The van der Waals surface area contributed by atoms with Gasteiger partial charge < -0.3 is 14.2 Å². The second kappa shape index (κ2) is 7.80. The molecule has 0 unspecified atom stereocenters. The number of aromatic nitrogens is 2. The van der Waals surface area contributed by atoms with Crippen LogP contribution in [0.2, 0.25) is 0 Å². The standard InChI is InChI=1S/C21H20FN3O3/c1-27-16-8-4-6-14(12-16)20-23-19(24-28-20)15-7-5-11-25(13-15)21(26)17-9-2-3-10-18(17)22/h2-4,6,8-10,12,15H,5,7,11,13H2,1H3/t15-/m1/s1. The summed E-state index contributed by atoms with van der Waals surface area (Å²) in [6.45, 7) is 1.02. The van der Waals surface area contributed by atoms with Gasteiger partial charge in [0, 0.05) is 24.6 Å². The summed E-state index contributed by atoms with van der Waals surface area (Å²) in [6.07, 6.45) is 1.64. The zero-order valence-electron chi connectivity index (χ0n) is 15.5. The molecule has 1 aliphatic heterocycles. The van der Waals surface area contributed by atoms with E-state index in [1.54, 1.807) is 24.1 Å². The molecule has 0 aliphatic carbocycles. The lowest BCUT2D eigenvalue weighted by molar-refractivity contribution is 0.0699. The van der Waals surface area contributed by atoms with Crippen LogP contribution < -0.4 is 4.74 Å². The third kappa shape index (κ3) is 3.60. The molecule has 0 spiro atoms. The Labute approximate surface area is 161 Å². The summed E-state index contributed by atoms with van der Waals surface area (Å²) in [6, 6.07) is 13.4. The molecule has 0 radical (unpaired) electrons. The van der Waals surface area contributed by atoms with Crippen molar-refractivity contribution in [2.24, 2.45) is 0 Å². The molecular weight excluding hydrogens is 361 g/mol. The average Bonchev–Trinajstić information content (AvgIpc) is 3.24. The highest BCUT2D eigenvalue weighted by Crippen LogP contribution is 2.29. The van der Waals surface area contributed by atoms with Crippen molar-refractivity contribution in [3.8, 4) is 17.2 Å². The van der Waals surface area contributed by atoms with Crippen LogP contribution in [0, 0.1) is 5.82 Å². The fraction of sp³-hybridized carbons (Fsp3) is 0.286. The lowest BCUT2D eigenvalue weighted by Crippen LogP contribution is -2.39. The number of amides is 1. The second-order valence-electron chi connectivity index (χ2n) is 6.76. The number of carbonyl (C=O) groups excluding carboxylic acids is 1. The van der Waals surface area contributed by atoms with E-state index in [2.05, 4.69) is 10.1 Å². The van der Waals surface area contributed by atoms with Gasteiger partial charge in [0.15, 0.2) is 5.82 Å². The van der Waals surface area contributed by atoms with Crippen molar-refractivity contribution in [3.63, 3.8) is 0 Å². The van der Waals surface area contributed by atoms with E-state index in [0.29, 0.717) is 30.6 Å². The van der Waals surface area contributed by atoms with Gasteiger partial charge in [0.05, 0.1) is 12.7 Å². The van der Waals surface area contributed by atoms with Crippen molar-refractivity contribution in [1.82, 2.24) is 15.0 Å². The van der Waals surface area contributed by atoms with Gasteiger partial charge in [-0.15, -0.1) is 0 Å². The summed E-state index contributed by atoms with van der Waals surface area (Å²) in [5.41, 5.74) is 0.863. The number of hydrogen-bond acceptors (Lipinski definition) is 5. The lowest BCUT2D eigenvalue weighted by atomic mass is 9.96. The molecule has 0 bridgehead atoms. The smallest absolute Gasteiger partial charge is 0.258 e. The SMILES string of the molecule is COc1cccc(-c2nc([C@@H]3CCCN(C(=O)c4ccccc4F)C3)no2)c1. The zero-order chi connectivity index (χ0) is 19.5. The molecule has 7 heteroatoms. The predicted octanol–water partition coefficient (Wildman–Crippen LogP) is 3.90. The quantitative estimate of drug-likeness (QED) is 0.686. The Hall–Kier alpha value is -3.22. The number of hydrogen-bond donors (Lipinski definition) is 0. The summed E-state index contributed by atoms with van der Waals surface area (Å²) in [5, 5.41) is 4.12. The molecule has 1 atom stereocenters. The van der Waals surface area contributed by atoms with E-state index in [1.807, 2.05) is 24.3 Å². The number of rotatable bonds is 4. The van der Waals surface area contributed by atoms with Gasteiger partial charge >= 0.3 is 0 Å². The number of carbonyl (C=O) groups is 1. The van der Waals surface area contributed by atoms with Crippen LogP contribution in [0.4, 0.5) is 4.39 Å². The van der Waals surface area contributed by atoms with Crippen LogP contribution in [0.3, 0.4) is 0 Å². The van der Waals surface area contributed by atoms with Gasteiger partial charge in [-0.1, -0.05) is 23.4 Å². The highest BCUT2D eigenvalue weighted by atomic mass is 19.1. The fourth-order valence-electron chi connectivity index (χ4n) is 3.45. The first kappa shape index (κ1) is 18.2. The number of ether oxygens (including phenoxy) is 1. The normalized spacial score (nSPS) is 16.8. The van der Waals surface area contributed by atoms with Crippen molar-refractivity contribution in [1.29, 1.82) is 0 Å². The van der Waals surface area contributed by atoms with E-state index in [-0.39, 0.29) is 17.4 Å². The van der Waals surface area contributed by atoms with Crippen LogP contribution in [0.5, 0.6) is 5.75 Å². The zero-order valence-corrected chi connectivity index (χ0v) is 15.5. The van der Waals surface area contributed by atoms with Crippen LogP contribution in [0.1, 0.15) is 34.9 Å². The molecule has 1 aliphatic rings. The summed E-state index contributed by atoms with van der Waals surface area (Å²) in [5.74, 6) is 0.813. The summed E-state index contributed by atoms with van der Waals surface area (Å²) >= 11 is 0. The van der Waals surface area contributed by atoms with Crippen molar-refractivity contribution in [3.05, 3.63) is 65.7 Å². The van der Waals surface area contributed by atoms with E-state index in [1.165, 1.54) is 12.1 Å². The first-order valence-electron chi connectivity index (χ1n) is 9.17. The topological polar surface area (TPSA) is 68.5 Å². The minimum atomic E-state index is -0.505. The molecule has 144 valence electrons. The Morgan fingerprint density at radius 1 is 1.25 bits per heavy atom. The van der Waals surface area contributed by atoms with E-state index in [9.17, 15) is 9.18 Å². The van der Waals surface area contributed by atoms with Crippen LogP contribution in [-0.2, 0) is 0 Å². The largest absolute Gasteiger partial charge is 0.497 e. The molecule has 3 aromatic rings. The Balaban J connectivity index is 1.51. The molecule has 0 saturated carbocycles. The summed E-state index contributed by atoms with van der Waals surface area (Å²) in [4.78, 5) is 18.9. The lowest BCUT2D eigenvalue weighted by Gasteiger charge is -2.31. The van der Waals surface area contributed by atoms with Gasteiger partial charge in [-0.2, -0.15) is 4.98 Å². The minimum Gasteiger partial charge on any atom is -0.497 e. The highest BCUT2D eigenvalue weighted by Gasteiger charge is 2.29. The van der Waals surface area contributed by atoms with E-state index in [0.717, 1.165) is 18.4 Å². The Morgan fingerprint density at radius 3 is 2.93 bits per heavy atom. The van der Waals surface area contributed by atoms with Crippen LogP contribution in [-0.4, -0.2) is 41.1 Å².